The number of methoxy groups -OCH3 is 1. The van der Waals surface area contributed by atoms with Crippen LogP contribution in [-0.4, -0.2) is 49.3 Å². The average Bonchev–Trinajstić information content (AvgIpc) is 2.87. The largest absolute Gasteiger partial charge is 0.493 e. The Hall–Kier alpha value is -2.90. The average molecular weight is 564 g/mol. The van der Waals surface area contributed by atoms with E-state index in [0.717, 1.165) is 18.4 Å². The van der Waals surface area contributed by atoms with Crippen LogP contribution in [0.2, 0.25) is 10.0 Å². The Morgan fingerprint density at radius 1 is 1.16 bits per heavy atom. The van der Waals surface area contributed by atoms with Crippen molar-refractivity contribution in [2.45, 2.75) is 51.6 Å². The molecule has 2 atom stereocenters. The summed E-state index contributed by atoms with van der Waals surface area (Å²) in [4.78, 5) is 27.5. The highest BCUT2D eigenvalue weighted by atomic mass is 35.5. The zero-order valence-corrected chi connectivity index (χ0v) is 23.9. The Labute approximate surface area is 235 Å². The molecule has 2 aromatic carbocycles. The number of halogens is 2. The molecular formula is C29H36Cl2N2O5. The van der Waals surface area contributed by atoms with Crippen LogP contribution in [0.1, 0.15) is 51.5 Å². The molecule has 1 N–H and O–H groups in total. The van der Waals surface area contributed by atoms with E-state index in [9.17, 15) is 9.59 Å². The van der Waals surface area contributed by atoms with Gasteiger partial charge >= 0.3 is 6.09 Å². The summed E-state index contributed by atoms with van der Waals surface area (Å²) in [5.74, 6) is 0.504. The number of carbonyl (C=O) groups excluding carboxylic acids is 2. The molecule has 1 aliphatic rings. The Bertz CT molecular complexity index is 1150. The first-order valence-electron chi connectivity index (χ1n) is 12.7. The Morgan fingerprint density at radius 3 is 2.58 bits per heavy atom. The first kappa shape index (κ1) is 29.7. The van der Waals surface area contributed by atoms with Crippen LogP contribution in [0.25, 0.3) is 0 Å². The lowest BCUT2D eigenvalue weighted by atomic mass is 9.94. The number of nitrogens with zero attached hydrogens (tertiary/aromatic N) is 1. The van der Waals surface area contributed by atoms with Crippen LogP contribution < -0.4 is 14.8 Å². The van der Waals surface area contributed by atoms with Crippen molar-refractivity contribution in [2.24, 2.45) is 5.92 Å². The molecule has 0 saturated carbocycles. The standard InChI is InChI=1S/C29H36Cl2N2O5/c1-6-8-22(20-10-12-23(30)24(31)15-20)27(34)32-21-11-13-25(36-5)26(16-21)37-18-19-9-7-14-33(17-19)28(35)38-29(2,3)4/h6,10-13,15-16,19,22H,1,7-9,14,17-18H2,2-5H3,(H,32,34). The SMILES string of the molecule is C=CCC(C(=O)Nc1ccc(OC)c(OCC2CCCN(C(=O)OC(C)(C)C)C2)c1)c1ccc(Cl)c(Cl)c1. The summed E-state index contributed by atoms with van der Waals surface area (Å²) in [5, 5.41) is 3.78. The number of likely N-dealkylation sites (tertiary alicyclic amines) is 1. The molecule has 1 saturated heterocycles. The molecule has 2 amide bonds. The maximum Gasteiger partial charge on any atom is 0.410 e. The summed E-state index contributed by atoms with van der Waals surface area (Å²) >= 11 is 12.2. The van der Waals surface area contributed by atoms with Gasteiger partial charge in [-0.15, -0.1) is 6.58 Å². The lowest BCUT2D eigenvalue weighted by molar-refractivity contribution is -0.117. The van der Waals surface area contributed by atoms with E-state index in [0.29, 0.717) is 53.3 Å². The Morgan fingerprint density at radius 2 is 1.92 bits per heavy atom. The van der Waals surface area contributed by atoms with Crippen molar-refractivity contribution in [1.82, 2.24) is 4.90 Å². The number of amides is 2. The van der Waals surface area contributed by atoms with Gasteiger partial charge in [-0.05, 0) is 69.9 Å². The highest BCUT2D eigenvalue weighted by Crippen LogP contribution is 2.33. The van der Waals surface area contributed by atoms with E-state index >= 15 is 0 Å². The summed E-state index contributed by atoms with van der Waals surface area (Å²) < 4.78 is 17.1. The highest BCUT2D eigenvalue weighted by Gasteiger charge is 2.28. The number of nitrogens with one attached hydrogen (secondary N) is 1. The zero-order valence-electron chi connectivity index (χ0n) is 22.4. The van der Waals surface area contributed by atoms with Crippen molar-refractivity contribution in [3.05, 3.63) is 64.7 Å². The smallest absolute Gasteiger partial charge is 0.410 e. The zero-order chi connectivity index (χ0) is 27.9. The molecule has 1 heterocycles. The van der Waals surface area contributed by atoms with Gasteiger partial charge in [-0.3, -0.25) is 4.79 Å². The van der Waals surface area contributed by atoms with E-state index in [1.54, 1.807) is 54.5 Å². The van der Waals surface area contributed by atoms with Gasteiger partial charge in [-0.2, -0.15) is 0 Å². The fourth-order valence-electron chi connectivity index (χ4n) is 4.29. The number of piperidine rings is 1. The van der Waals surface area contributed by atoms with Gasteiger partial charge in [0.05, 0.1) is 29.7 Å². The number of carbonyl (C=O) groups is 2. The Balaban J connectivity index is 1.68. The number of hydrogen-bond acceptors (Lipinski definition) is 5. The van der Waals surface area contributed by atoms with E-state index in [2.05, 4.69) is 11.9 Å². The lowest BCUT2D eigenvalue weighted by Gasteiger charge is -2.34. The van der Waals surface area contributed by atoms with Crippen molar-refractivity contribution < 1.29 is 23.8 Å². The minimum Gasteiger partial charge on any atom is -0.493 e. The van der Waals surface area contributed by atoms with Gasteiger partial charge in [0, 0.05) is 30.8 Å². The molecular weight excluding hydrogens is 527 g/mol. The second-order valence-electron chi connectivity index (χ2n) is 10.4. The van der Waals surface area contributed by atoms with Crippen molar-refractivity contribution in [3.63, 3.8) is 0 Å². The van der Waals surface area contributed by atoms with Gasteiger partial charge in [0.2, 0.25) is 5.91 Å². The maximum atomic E-state index is 13.2. The van der Waals surface area contributed by atoms with E-state index in [4.69, 9.17) is 37.4 Å². The van der Waals surface area contributed by atoms with Crippen LogP contribution in [0.3, 0.4) is 0 Å². The van der Waals surface area contributed by atoms with Crippen LogP contribution in [0.4, 0.5) is 10.5 Å². The topological polar surface area (TPSA) is 77.1 Å². The number of ether oxygens (including phenoxy) is 3. The van der Waals surface area contributed by atoms with Gasteiger partial charge in [-0.1, -0.05) is 35.3 Å². The number of hydrogen-bond donors (Lipinski definition) is 1. The monoisotopic (exact) mass is 562 g/mol. The summed E-state index contributed by atoms with van der Waals surface area (Å²) in [7, 11) is 1.57. The predicted molar refractivity (Wildman–Crippen MR) is 152 cm³/mol. The van der Waals surface area contributed by atoms with Gasteiger partial charge in [0.1, 0.15) is 5.60 Å². The quantitative estimate of drug-likeness (QED) is 0.324. The first-order valence-corrected chi connectivity index (χ1v) is 13.4. The molecule has 2 aromatic rings. The molecule has 1 fully saturated rings. The molecule has 7 nitrogen and oxygen atoms in total. The third-order valence-corrected chi connectivity index (χ3v) is 6.88. The van der Waals surface area contributed by atoms with Crippen LogP contribution in [-0.2, 0) is 9.53 Å². The molecule has 9 heteroatoms. The predicted octanol–water partition coefficient (Wildman–Crippen LogP) is 7.33. The summed E-state index contributed by atoms with van der Waals surface area (Å²) in [6.45, 7) is 11.0. The van der Waals surface area contributed by atoms with Crippen molar-refractivity contribution in [1.29, 1.82) is 0 Å². The minimum absolute atomic E-state index is 0.144. The molecule has 2 unspecified atom stereocenters. The molecule has 0 radical (unpaired) electrons. The fourth-order valence-corrected chi connectivity index (χ4v) is 4.59. The van der Waals surface area contributed by atoms with Crippen molar-refractivity contribution in [3.8, 4) is 11.5 Å². The second kappa shape index (κ2) is 13.3. The first-order chi connectivity index (χ1) is 18.0. The highest BCUT2D eigenvalue weighted by molar-refractivity contribution is 6.42. The second-order valence-corrected chi connectivity index (χ2v) is 11.2. The van der Waals surface area contributed by atoms with Crippen molar-refractivity contribution in [2.75, 3.05) is 32.1 Å². The van der Waals surface area contributed by atoms with Gasteiger partial charge in [0.15, 0.2) is 11.5 Å². The lowest BCUT2D eigenvalue weighted by Crippen LogP contribution is -2.44. The van der Waals surface area contributed by atoms with E-state index in [1.165, 1.54) is 0 Å². The van der Waals surface area contributed by atoms with Crippen molar-refractivity contribution >= 4 is 40.9 Å². The summed E-state index contributed by atoms with van der Waals surface area (Å²) in [6, 6.07) is 10.4. The molecule has 206 valence electrons. The van der Waals surface area contributed by atoms with Crippen LogP contribution in [0.5, 0.6) is 11.5 Å². The van der Waals surface area contributed by atoms with E-state index in [-0.39, 0.29) is 17.9 Å². The molecule has 1 aliphatic heterocycles. The number of allylic oxidation sites excluding steroid dienone is 1. The third kappa shape index (κ3) is 8.30. The third-order valence-electron chi connectivity index (χ3n) is 6.14. The molecule has 0 aromatic heterocycles. The number of anilines is 1. The van der Waals surface area contributed by atoms with Gasteiger partial charge in [0.25, 0.3) is 0 Å². The normalized spacial score (nSPS) is 16.4. The number of rotatable bonds is 9. The van der Waals surface area contributed by atoms with Gasteiger partial charge in [-0.25, -0.2) is 4.79 Å². The van der Waals surface area contributed by atoms with Crippen LogP contribution in [0, 0.1) is 5.92 Å². The maximum absolute atomic E-state index is 13.2. The van der Waals surface area contributed by atoms with E-state index in [1.807, 2.05) is 20.8 Å². The summed E-state index contributed by atoms with van der Waals surface area (Å²) in [6.07, 6.45) is 3.63. The molecule has 0 spiro atoms. The summed E-state index contributed by atoms with van der Waals surface area (Å²) in [5.41, 5.74) is 0.774. The molecule has 38 heavy (non-hydrogen) atoms. The molecule has 3 rings (SSSR count). The fraction of sp³-hybridized carbons (Fsp3) is 0.448. The van der Waals surface area contributed by atoms with Gasteiger partial charge < -0.3 is 24.4 Å². The Kier molecular flexibility index (Phi) is 10.3. The molecule has 0 aliphatic carbocycles. The van der Waals surface area contributed by atoms with Crippen LogP contribution >= 0.6 is 23.2 Å². The van der Waals surface area contributed by atoms with E-state index < -0.39 is 11.5 Å². The number of benzene rings is 2. The molecule has 0 bridgehead atoms. The minimum atomic E-state index is -0.538. The van der Waals surface area contributed by atoms with Crippen LogP contribution in [0.15, 0.2) is 49.1 Å².